The van der Waals surface area contributed by atoms with Crippen LogP contribution in [0.15, 0.2) is 54.4 Å². The molecule has 1 aromatic heterocycles. The van der Waals surface area contributed by atoms with Crippen molar-refractivity contribution in [3.05, 3.63) is 75.6 Å². The molecule has 3 rings (SSSR count). The van der Waals surface area contributed by atoms with E-state index in [1.54, 1.807) is 23.2 Å². The van der Waals surface area contributed by atoms with Crippen LogP contribution in [-0.4, -0.2) is 47.1 Å². The summed E-state index contributed by atoms with van der Waals surface area (Å²) in [6.45, 7) is 0.283. The number of nitrogens with zero attached hydrogens (tertiary/aromatic N) is 4. The zero-order valence-corrected chi connectivity index (χ0v) is 15.0. The van der Waals surface area contributed by atoms with Gasteiger partial charge in [-0.05, 0) is 30.7 Å². The van der Waals surface area contributed by atoms with Crippen LogP contribution in [0.2, 0.25) is 0 Å². The molecule has 8 nitrogen and oxygen atoms in total. The molecule has 0 saturated heterocycles. The number of carbonyl (C=O) groups excluding carboxylic acids is 2. The van der Waals surface area contributed by atoms with Gasteiger partial charge < -0.3 is 4.90 Å². The van der Waals surface area contributed by atoms with Crippen LogP contribution in [0.4, 0.5) is 11.5 Å². The molecule has 0 saturated carbocycles. The first-order valence-electron chi connectivity index (χ1n) is 8.31. The summed E-state index contributed by atoms with van der Waals surface area (Å²) < 4.78 is 0. The van der Waals surface area contributed by atoms with Crippen LogP contribution in [0.3, 0.4) is 0 Å². The van der Waals surface area contributed by atoms with Gasteiger partial charge in [-0.25, -0.2) is 4.98 Å². The molecule has 8 heteroatoms. The van der Waals surface area contributed by atoms with Gasteiger partial charge in [0.25, 0.3) is 11.6 Å². The lowest BCUT2D eigenvalue weighted by atomic mass is 10.0. The molecule has 138 valence electrons. The molecule has 0 aliphatic carbocycles. The first kappa shape index (κ1) is 18.2. The fourth-order valence-electron chi connectivity index (χ4n) is 2.93. The highest BCUT2D eigenvalue weighted by molar-refractivity contribution is 6.16. The highest BCUT2D eigenvalue weighted by atomic mass is 16.6. The van der Waals surface area contributed by atoms with Gasteiger partial charge in [-0.2, -0.15) is 0 Å². The molecular formula is C19H18N4O4. The molecule has 2 heterocycles. The van der Waals surface area contributed by atoms with Crippen molar-refractivity contribution < 1.29 is 14.5 Å². The van der Waals surface area contributed by atoms with E-state index >= 15 is 0 Å². The first-order valence-corrected chi connectivity index (χ1v) is 8.31. The molecule has 1 aliphatic heterocycles. The second-order valence-electron chi connectivity index (χ2n) is 6.33. The summed E-state index contributed by atoms with van der Waals surface area (Å²) in [5.74, 6) is -0.220. The highest BCUT2D eigenvalue weighted by Crippen LogP contribution is 2.28. The SMILES string of the molecule is CN(C)C=C1CCN(C(=O)c2ccc([N+](=O)[O-])cc2)c2ncccc2C1=O. The number of aromatic nitrogens is 1. The predicted octanol–water partition coefficient (Wildman–Crippen LogP) is 2.67. The number of rotatable bonds is 3. The first-order chi connectivity index (χ1) is 12.9. The summed E-state index contributed by atoms with van der Waals surface area (Å²) in [4.78, 5) is 43.6. The lowest BCUT2D eigenvalue weighted by Gasteiger charge is -2.21. The third-order valence-corrected chi connectivity index (χ3v) is 4.17. The van der Waals surface area contributed by atoms with E-state index in [-0.39, 0.29) is 23.9 Å². The molecule has 2 aromatic rings. The van der Waals surface area contributed by atoms with E-state index in [4.69, 9.17) is 0 Å². The fraction of sp³-hybridized carbons (Fsp3) is 0.211. The van der Waals surface area contributed by atoms with Crippen LogP contribution in [0, 0.1) is 10.1 Å². The Morgan fingerprint density at radius 1 is 1.26 bits per heavy atom. The van der Waals surface area contributed by atoms with Gasteiger partial charge in [0.05, 0.1) is 10.5 Å². The van der Waals surface area contributed by atoms with Crippen LogP contribution >= 0.6 is 0 Å². The topological polar surface area (TPSA) is 96.7 Å². The Bertz CT molecular complexity index is 935. The molecule has 0 N–H and O–H groups in total. The van der Waals surface area contributed by atoms with Gasteiger partial charge in [0, 0.05) is 56.3 Å². The molecule has 0 spiro atoms. The number of pyridine rings is 1. The summed E-state index contributed by atoms with van der Waals surface area (Å²) in [6.07, 6.45) is 3.66. The minimum absolute atomic E-state index is 0.0904. The van der Waals surface area contributed by atoms with Crippen molar-refractivity contribution in [2.24, 2.45) is 0 Å². The summed E-state index contributed by atoms with van der Waals surface area (Å²) in [5.41, 5.74) is 1.16. The largest absolute Gasteiger partial charge is 0.383 e. The maximum absolute atomic E-state index is 13.0. The van der Waals surface area contributed by atoms with E-state index in [0.29, 0.717) is 28.9 Å². The van der Waals surface area contributed by atoms with E-state index < -0.39 is 4.92 Å². The number of fused-ring (bicyclic) bond motifs is 1. The van der Waals surface area contributed by atoms with Crippen molar-refractivity contribution in [1.82, 2.24) is 9.88 Å². The molecule has 0 bridgehead atoms. The Kier molecular flexibility index (Phi) is 4.98. The average molecular weight is 366 g/mol. The van der Waals surface area contributed by atoms with E-state index in [1.165, 1.54) is 35.4 Å². The van der Waals surface area contributed by atoms with E-state index in [0.717, 1.165) is 0 Å². The van der Waals surface area contributed by atoms with E-state index in [1.807, 2.05) is 14.1 Å². The smallest absolute Gasteiger partial charge is 0.269 e. The number of ketones is 1. The normalized spacial score (nSPS) is 15.3. The van der Waals surface area contributed by atoms with Gasteiger partial charge in [0.15, 0.2) is 5.78 Å². The molecule has 0 unspecified atom stereocenters. The number of nitro groups is 1. The summed E-state index contributed by atoms with van der Waals surface area (Å²) in [7, 11) is 3.66. The number of hydrogen-bond acceptors (Lipinski definition) is 6. The van der Waals surface area contributed by atoms with Gasteiger partial charge >= 0.3 is 0 Å². The number of Topliss-reactive ketones (excluding diaryl/α,β-unsaturated/α-hetero) is 1. The molecule has 1 amide bonds. The monoisotopic (exact) mass is 366 g/mol. The number of anilines is 1. The lowest BCUT2D eigenvalue weighted by molar-refractivity contribution is -0.384. The quantitative estimate of drug-likeness (QED) is 0.471. The zero-order valence-electron chi connectivity index (χ0n) is 15.0. The van der Waals surface area contributed by atoms with Crippen LogP contribution in [0.1, 0.15) is 27.1 Å². The minimum Gasteiger partial charge on any atom is -0.383 e. The number of carbonyl (C=O) groups is 2. The summed E-state index contributed by atoms with van der Waals surface area (Å²) in [6, 6.07) is 8.69. The molecule has 27 heavy (non-hydrogen) atoms. The van der Waals surface area contributed by atoms with Crippen molar-refractivity contribution in [3.8, 4) is 0 Å². The minimum atomic E-state index is -0.520. The van der Waals surface area contributed by atoms with Gasteiger partial charge in [0.1, 0.15) is 5.82 Å². The van der Waals surface area contributed by atoms with Gasteiger partial charge in [-0.3, -0.25) is 24.6 Å². The standard InChI is InChI=1S/C19H18N4O4/c1-21(2)12-14-9-11-22(18-16(17(14)24)4-3-10-20-18)19(25)13-5-7-15(8-6-13)23(26)27/h3-8,10,12H,9,11H2,1-2H3. The van der Waals surface area contributed by atoms with Crippen LogP contribution in [-0.2, 0) is 0 Å². The van der Waals surface area contributed by atoms with Crippen molar-refractivity contribution in [2.75, 3.05) is 25.5 Å². The molecular weight excluding hydrogens is 348 g/mol. The zero-order chi connectivity index (χ0) is 19.6. The van der Waals surface area contributed by atoms with Crippen LogP contribution < -0.4 is 4.90 Å². The number of hydrogen-bond donors (Lipinski definition) is 0. The molecule has 1 aliphatic rings. The molecule has 1 aromatic carbocycles. The Morgan fingerprint density at radius 3 is 2.59 bits per heavy atom. The third-order valence-electron chi connectivity index (χ3n) is 4.17. The fourth-order valence-corrected chi connectivity index (χ4v) is 2.93. The second kappa shape index (κ2) is 7.36. The van der Waals surface area contributed by atoms with Crippen molar-refractivity contribution in [3.63, 3.8) is 0 Å². The Morgan fingerprint density at radius 2 is 1.96 bits per heavy atom. The van der Waals surface area contributed by atoms with E-state index in [9.17, 15) is 19.7 Å². The maximum atomic E-state index is 13.0. The number of nitro benzene ring substituents is 1. The van der Waals surface area contributed by atoms with Crippen molar-refractivity contribution in [1.29, 1.82) is 0 Å². The molecule has 0 fully saturated rings. The molecule has 0 radical (unpaired) electrons. The highest BCUT2D eigenvalue weighted by Gasteiger charge is 2.29. The Hall–Kier alpha value is -3.55. The number of non-ortho nitro benzene ring substituents is 1. The molecule has 0 atom stereocenters. The Labute approximate surface area is 155 Å². The Balaban J connectivity index is 2.00. The van der Waals surface area contributed by atoms with Gasteiger partial charge in [-0.1, -0.05) is 0 Å². The van der Waals surface area contributed by atoms with Gasteiger partial charge in [0.2, 0.25) is 0 Å². The van der Waals surface area contributed by atoms with Crippen LogP contribution in [0.25, 0.3) is 0 Å². The third kappa shape index (κ3) is 3.69. The maximum Gasteiger partial charge on any atom is 0.269 e. The summed E-state index contributed by atoms with van der Waals surface area (Å²) in [5, 5.41) is 10.8. The summed E-state index contributed by atoms with van der Waals surface area (Å²) >= 11 is 0. The van der Waals surface area contributed by atoms with Gasteiger partial charge in [-0.15, -0.1) is 0 Å². The predicted molar refractivity (Wildman–Crippen MR) is 99.7 cm³/mol. The average Bonchev–Trinajstić information content (AvgIpc) is 2.79. The van der Waals surface area contributed by atoms with Crippen molar-refractivity contribution in [2.45, 2.75) is 6.42 Å². The van der Waals surface area contributed by atoms with E-state index in [2.05, 4.69) is 4.98 Å². The second-order valence-corrected chi connectivity index (χ2v) is 6.33. The lowest BCUT2D eigenvalue weighted by Crippen LogP contribution is -2.32. The number of benzene rings is 1. The van der Waals surface area contributed by atoms with Crippen LogP contribution in [0.5, 0.6) is 0 Å². The number of amides is 1. The van der Waals surface area contributed by atoms with Crippen molar-refractivity contribution >= 4 is 23.2 Å².